The van der Waals surface area contributed by atoms with Crippen LogP contribution in [0.4, 0.5) is 17.1 Å². The molecule has 32 heavy (non-hydrogen) atoms. The van der Waals surface area contributed by atoms with Crippen LogP contribution in [0.15, 0.2) is 65.5 Å². The molecule has 0 atom stereocenters. The number of amides is 3. The standard InChI is InChI=1S/C22H21N5O5/c1-14(28)23-16-4-3-5-17(12-16)24-20(29)13-27-21(30)11-10-19(26-27)22(31)25-15-6-8-18(32-2)9-7-15/h3-12H,13H2,1-2H3,(H,23,28)(H,24,29)(H,25,31). The second-order valence-corrected chi connectivity index (χ2v) is 6.71. The molecule has 164 valence electrons. The molecule has 1 aromatic heterocycles. The molecule has 1 heterocycles. The van der Waals surface area contributed by atoms with E-state index in [1.807, 2.05) is 0 Å². The van der Waals surface area contributed by atoms with Crippen LogP contribution in [-0.2, 0) is 16.1 Å². The fourth-order valence-electron chi connectivity index (χ4n) is 2.77. The number of hydrogen-bond donors (Lipinski definition) is 3. The summed E-state index contributed by atoms with van der Waals surface area (Å²) in [6.45, 7) is 0.980. The maximum atomic E-state index is 12.5. The Hall–Kier alpha value is -4.47. The van der Waals surface area contributed by atoms with Crippen molar-refractivity contribution in [2.75, 3.05) is 23.1 Å². The van der Waals surface area contributed by atoms with Gasteiger partial charge in [-0.25, -0.2) is 4.68 Å². The Morgan fingerprint density at radius 3 is 2.25 bits per heavy atom. The average Bonchev–Trinajstić information content (AvgIpc) is 2.75. The van der Waals surface area contributed by atoms with Crippen molar-refractivity contribution in [3.63, 3.8) is 0 Å². The number of nitrogens with one attached hydrogen (secondary N) is 3. The van der Waals surface area contributed by atoms with Crippen molar-refractivity contribution >= 4 is 34.8 Å². The summed E-state index contributed by atoms with van der Waals surface area (Å²) in [4.78, 5) is 48.2. The van der Waals surface area contributed by atoms with E-state index in [9.17, 15) is 19.2 Å². The van der Waals surface area contributed by atoms with Crippen molar-refractivity contribution < 1.29 is 19.1 Å². The third-order valence-corrected chi connectivity index (χ3v) is 4.21. The highest BCUT2D eigenvalue weighted by Crippen LogP contribution is 2.16. The van der Waals surface area contributed by atoms with Gasteiger partial charge in [0.2, 0.25) is 11.8 Å². The van der Waals surface area contributed by atoms with Gasteiger partial charge in [0.25, 0.3) is 11.5 Å². The Bertz CT molecular complexity index is 1200. The molecule has 3 amide bonds. The predicted molar refractivity (Wildman–Crippen MR) is 119 cm³/mol. The number of hydrogen-bond acceptors (Lipinski definition) is 6. The number of ether oxygens (including phenoxy) is 1. The van der Waals surface area contributed by atoms with Gasteiger partial charge in [-0.2, -0.15) is 5.10 Å². The molecule has 0 unspecified atom stereocenters. The number of methoxy groups -OCH3 is 1. The minimum atomic E-state index is -0.535. The fraction of sp³-hybridized carbons (Fsp3) is 0.136. The van der Waals surface area contributed by atoms with E-state index in [2.05, 4.69) is 21.0 Å². The molecular weight excluding hydrogens is 414 g/mol. The summed E-state index contributed by atoms with van der Waals surface area (Å²) in [5.41, 5.74) is 0.909. The summed E-state index contributed by atoms with van der Waals surface area (Å²) in [7, 11) is 1.54. The molecule has 0 bridgehead atoms. The summed E-state index contributed by atoms with van der Waals surface area (Å²) in [6.07, 6.45) is 0. The van der Waals surface area contributed by atoms with Crippen molar-refractivity contribution in [1.82, 2.24) is 9.78 Å². The number of rotatable bonds is 7. The topological polar surface area (TPSA) is 131 Å². The van der Waals surface area contributed by atoms with Crippen molar-refractivity contribution in [3.05, 3.63) is 76.7 Å². The molecule has 3 aromatic rings. The number of aromatic nitrogens is 2. The molecule has 3 N–H and O–H groups in total. The molecular formula is C22H21N5O5. The lowest BCUT2D eigenvalue weighted by atomic mass is 10.2. The first-order chi connectivity index (χ1) is 15.3. The first-order valence-corrected chi connectivity index (χ1v) is 9.55. The van der Waals surface area contributed by atoms with Gasteiger partial charge in [0.1, 0.15) is 18.0 Å². The summed E-state index contributed by atoms with van der Waals surface area (Å²) >= 11 is 0. The molecule has 0 aliphatic rings. The van der Waals surface area contributed by atoms with Crippen LogP contribution in [0.1, 0.15) is 17.4 Å². The quantitative estimate of drug-likeness (QED) is 0.521. The lowest BCUT2D eigenvalue weighted by Gasteiger charge is -2.10. The number of benzene rings is 2. The third kappa shape index (κ3) is 6.02. The van der Waals surface area contributed by atoms with Crippen molar-refractivity contribution in [2.24, 2.45) is 0 Å². The molecule has 10 heteroatoms. The van der Waals surface area contributed by atoms with Gasteiger partial charge < -0.3 is 20.7 Å². The van der Waals surface area contributed by atoms with Gasteiger partial charge in [-0.15, -0.1) is 0 Å². The monoisotopic (exact) mass is 435 g/mol. The highest BCUT2D eigenvalue weighted by atomic mass is 16.5. The Balaban J connectivity index is 1.68. The van der Waals surface area contributed by atoms with Crippen LogP contribution < -0.4 is 26.2 Å². The molecule has 0 saturated carbocycles. The van der Waals surface area contributed by atoms with Gasteiger partial charge in [0.05, 0.1) is 7.11 Å². The van der Waals surface area contributed by atoms with Crippen LogP contribution in [0, 0.1) is 0 Å². The fourth-order valence-corrected chi connectivity index (χ4v) is 2.77. The molecule has 0 spiro atoms. The van der Waals surface area contributed by atoms with E-state index in [4.69, 9.17) is 4.74 Å². The molecule has 3 rings (SSSR count). The smallest absolute Gasteiger partial charge is 0.276 e. The Morgan fingerprint density at radius 2 is 1.59 bits per heavy atom. The van der Waals surface area contributed by atoms with Crippen molar-refractivity contribution in [3.8, 4) is 5.75 Å². The summed E-state index contributed by atoms with van der Waals surface area (Å²) < 4.78 is 5.97. The van der Waals surface area contributed by atoms with Crippen LogP contribution in [-0.4, -0.2) is 34.6 Å². The molecule has 0 radical (unpaired) electrons. The van der Waals surface area contributed by atoms with E-state index >= 15 is 0 Å². The summed E-state index contributed by atoms with van der Waals surface area (Å²) in [5.74, 6) is -0.656. The van der Waals surface area contributed by atoms with E-state index in [1.54, 1.807) is 48.5 Å². The van der Waals surface area contributed by atoms with Crippen molar-refractivity contribution in [1.29, 1.82) is 0 Å². The maximum absolute atomic E-state index is 12.5. The normalized spacial score (nSPS) is 10.2. The Labute approximate surface area is 183 Å². The largest absolute Gasteiger partial charge is 0.497 e. The van der Waals surface area contributed by atoms with E-state index < -0.39 is 23.9 Å². The Kier molecular flexibility index (Phi) is 6.96. The summed E-state index contributed by atoms with van der Waals surface area (Å²) in [6, 6.07) is 15.7. The van der Waals surface area contributed by atoms with Gasteiger partial charge >= 0.3 is 0 Å². The maximum Gasteiger partial charge on any atom is 0.276 e. The van der Waals surface area contributed by atoms with Crippen LogP contribution >= 0.6 is 0 Å². The van der Waals surface area contributed by atoms with Gasteiger partial charge in [0.15, 0.2) is 0 Å². The molecule has 2 aromatic carbocycles. The summed E-state index contributed by atoms with van der Waals surface area (Å²) in [5, 5.41) is 11.9. The molecule has 0 saturated heterocycles. The minimum Gasteiger partial charge on any atom is -0.497 e. The minimum absolute atomic E-state index is 0.0270. The average molecular weight is 435 g/mol. The van der Waals surface area contributed by atoms with Gasteiger partial charge in [0, 0.05) is 30.1 Å². The highest BCUT2D eigenvalue weighted by Gasteiger charge is 2.13. The van der Waals surface area contributed by atoms with Crippen LogP contribution in [0.2, 0.25) is 0 Å². The second-order valence-electron chi connectivity index (χ2n) is 6.71. The van der Waals surface area contributed by atoms with E-state index in [-0.39, 0.29) is 11.6 Å². The van der Waals surface area contributed by atoms with E-state index in [0.29, 0.717) is 22.8 Å². The van der Waals surface area contributed by atoms with E-state index in [0.717, 1.165) is 4.68 Å². The SMILES string of the molecule is COc1ccc(NC(=O)c2ccc(=O)n(CC(=O)Nc3cccc(NC(C)=O)c3)n2)cc1. The van der Waals surface area contributed by atoms with Crippen LogP contribution in [0.3, 0.4) is 0 Å². The first kappa shape index (κ1) is 22.2. The number of carbonyl (C=O) groups excluding carboxylic acids is 3. The van der Waals surface area contributed by atoms with E-state index in [1.165, 1.54) is 26.2 Å². The zero-order valence-electron chi connectivity index (χ0n) is 17.4. The number of nitrogens with zero attached hydrogens (tertiary/aromatic N) is 2. The number of carbonyl (C=O) groups is 3. The highest BCUT2D eigenvalue weighted by molar-refractivity contribution is 6.02. The molecule has 0 aliphatic carbocycles. The Morgan fingerprint density at radius 1 is 0.906 bits per heavy atom. The molecule has 0 fully saturated rings. The van der Waals surface area contributed by atoms with Crippen molar-refractivity contribution in [2.45, 2.75) is 13.5 Å². The first-order valence-electron chi connectivity index (χ1n) is 9.55. The van der Waals surface area contributed by atoms with Gasteiger partial charge in [-0.05, 0) is 48.5 Å². The third-order valence-electron chi connectivity index (χ3n) is 4.21. The predicted octanol–water partition coefficient (Wildman–Crippen LogP) is 2.10. The second kappa shape index (κ2) is 10.0. The van der Waals surface area contributed by atoms with Gasteiger partial charge in [-0.3, -0.25) is 19.2 Å². The molecule has 10 nitrogen and oxygen atoms in total. The lowest BCUT2D eigenvalue weighted by molar-refractivity contribution is -0.117. The van der Waals surface area contributed by atoms with Crippen LogP contribution in [0.25, 0.3) is 0 Å². The number of anilines is 3. The zero-order valence-corrected chi connectivity index (χ0v) is 17.4. The van der Waals surface area contributed by atoms with Gasteiger partial charge in [-0.1, -0.05) is 6.07 Å². The lowest BCUT2D eigenvalue weighted by Crippen LogP contribution is -2.31. The molecule has 0 aliphatic heterocycles. The zero-order chi connectivity index (χ0) is 23.1. The van der Waals surface area contributed by atoms with Crippen LogP contribution in [0.5, 0.6) is 5.75 Å².